The second-order valence-electron chi connectivity index (χ2n) is 6.98. The number of morpholine rings is 1. The lowest BCUT2D eigenvalue weighted by Crippen LogP contribution is -2.46. The third-order valence-corrected chi connectivity index (χ3v) is 5.59. The van der Waals surface area contributed by atoms with E-state index in [4.69, 9.17) is 4.74 Å². The zero-order valence-corrected chi connectivity index (χ0v) is 17.1. The van der Waals surface area contributed by atoms with Crippen LogP contribution in [0, 0.1) is 13.8 Å². The van der Waals surface area contributed by atoms with Crippen LogP contribution in [0.4, 0.5) is 4.79 Å². The molecule has 146 valence electrons. The fourth-order valence-corrected chi connectivity index (χ4v) is 3.94. The number of urea groups is 1. The minimum atomic E-state index is -0.0773. The van der Waals surface area contributed by atoms with Crippen LogP contribution in [0.1, 0.15) is 27.9 Å². The monoisotopic (exact) mass is 388 g/mol. The quantitative estimate of drug-likeness (QED) is 0.827. The van der Waals surface area contributed by atoms with Crippen molar-refractivity contribution in [2.24, 2.45) is 0 Å². The molecule has 2 amide bonds. The minimum absolute atomic E-state index is 0.0773. The standard InChI is InChI=1S/C20H28N4O2S/c1-15-5-4-6-17(11-15)19(24-7-9-26-10-8-24)12-21-20(25)23(3)13-18-14-27-16(2)22-18/h4-6,11,14,19H,7-10,12-13H2,1-3H3,(H,21,25). The molecule has 1 fully saturated rings. The average molecular weight is 389 g/mol. The number of nitrogens with zero attached hydrogens (tertiary/aromatic N) is 3. The van der Waals surface area contributed by atoms with Crippen LogP contribution in [-0.4, -0.2) is 60.7 Å². The largest absolute Gasteiger partial charge is 0.379 e. The van der Waals surface area contributed by atoms with Gasteiger partial charge in [-0.15, -0.1) is 11.3 Å². The van der Waals surface area contributed by atoms with Crippen LogP contribution in [0.3, 0.4) is 0 Å². The highest BCUT2D eigenvalue weighted by Crippen LogP contribution is 2.22. The Hall–Kier alpha value is -1.96. The van der Waals surface area contributed by atoms with Crippen LogP contribution in [0.15, 0.2) is 29.6 Å². The summed E-state index contributed by atoms with van der Waals surface area (Å²) in [7, 11) is 1.81. The highest BCUT2D eigenvalue weighted by atomic mass is 32.1. The lowest BCUT2D eigenvalue weighted by Gasteiger charge is -2.35. The maximum Gasteiger partial charge on any atom is 0.317 e. The van der Waals surface area contributed by atoms with E-state index in [1.807, 2.05) is 12.3 Å². The number of nitrogens with one attached hydrogen (secondary N) is 1. The summed E-state index contributed by atoms with van der Waals surface area (Å²) in [5.41, 5.74) is 3.39. The maximum atomic E-state index is 12.6. The highest BCUT2D eigenvalue weighted by molar-refractivity contribution is 7.09. The van der Waals surface area contributed by atoms with Crippen molar-refractivity contribution in [1.29, 1.82) is 0 Å². The van der Waals surface area contributed by atoms with E-state index in [9.17, 15) is 4.79 Å². The molecule has 0 saturated carbocycles. The van der Waals surface area contributed by atoms with Crippen molar-refractivity contribution >= 4 is 17.4 Å². The predicted molar refractivity (Wildman–Crippen MR) is 108 cm³/mol. The summed E-state index contributed by atoms with van der Waals surface area (Å²) >= 11 is 1.61. The lowest BCUT2D eigenvalue weighted by atomic mass is 10.0. The SMILES string of the molecule is Cc1cccc(C(CNC(=O)N(C)Cc2csc(C)n2)N2CCOCC2)c1. The van der Waals surface area contributed by atoms with Crippen molar-refractivity contribution in [1.82, 2.24) is 20.1 Å². The van der Waals surface area contributed by atoms with Crippen molar-refractivity contribution < 1.29 is 9.53 Å². The zero-order chi connectivity index (χ0) is 19.2. The molecule has 1 atom stereocenters. The Labute approximate surface area is 165 Å². The zero-order valence-electron chi connectivity index (χ0n) is 16.3. The van der Waals surface area contributed by atoms with Crippen molar-refractivity contribution in [3.8, 4) is 0 Å². The molecular formula is C20H28N4O2S. The van der Waals surface area contributed by atoms with Crippen molar-refractivity contribution in [2.75, 3.05) is 39.9 Å². The second kappa shape index (κ2) is 9.30. The topological polar surface area (TPSA) is 57.7 Å². The smallest absolute Gasteiger partial charge is 0.317 e. The van der Waals surface area contributed by atoms with Gasteiger partial charge in [0.1, 0.15) is 0 Å². The second-order valence-corrected chi connectivity index (χ2v) is 8.04. The van der Waals surface area contributed by atoms with Crippen LogP contribution in [0.2, 0.25) is 0 Å². The summed E-state index contributed by atoms with van der Waals surface area (Å²) in [4.78, 5) is 21.1. The number of aromatic nitrogens is 1. The van der Waals surface area contributed by atoms with Crippen molar-refractivity contribution in [2.45, 2.75) is 26.4 Å². The van der Waals surface area contributed by atoms with E-state index in [2.05, 4.69) is 46.4 Å². The summed E-state index contributed by atoms with van der Waals surface area (Å²) in [6, 6.07) is 8.59. The van der Waals surface area contributed by atoms with Gasteiger partial charge < -0.3 is 15.0 Å². The molecule has 1 aromatic heterocycles. The molecule has 0 radical (unpaired) electrons. The van der Waals surface area contributed by atoms with E-state index >= 15 is 0 Å². The molecule has 27 heavy (non-hydrogen) atoms. The molecule has 1 unspecified atom stereocenters. The average Bonchev–Trinajstić information content (AvgIpc) is 3.07. The minimum Gasteiger partial charge on any atom is -0.379 e. The first-order valence-corrected chi connectivity index (χ1v) is 10.2. The fourth-order valence-electron chi connectivity index (χ4n) is 3.34. The number of carbonyl (C=O) groups excluding carboxylic acids is 1. The summed E-state index contributed by atoms with van der Waals surface area (Å²) in [5.74, 6) is 0. The Balaban J connectivity index is 1.63. The first-order chi connectivity index (χ1) is 13.0. The molecule has 0 aliphatic carbocycles. The van der Waals surface area contributed by atoms with E-state index in [1.54, 1.807) is 23.3 Å². The van der Waals surface area contributed by atoms with Gasteiger partial charge >= 0.3 is 6.03 Å². The molecule has 1 saturated heterocycles. The molecule has 0 spiro atoms. The number of carbonyl (C=O) groups is 1. The number of aryl methyl sites for hydroxylation is 2. The van der Waals surface area contributed by atoms with E-state index in [0.717, 1.165) is 37.0 Å². The van der Waals surface area contributed by atoms with E-state index in [1.165, 1.54) is 11.1 Å². The molecule has 2 aromatic rings. The van der Waals surface area contributed by atoms with Crippen molar-refractivity contribution in [3.05, 3.63) is 51.5 Å². The molecule has 3 rings (SSSR count). The Bertz CT molecular complexity index is 758. The summed E-state index contributed by atoms with van der Waals surface area (Å²) < 4.78 is 5.50. The summed E-state index contributed by atoms with van der Waals surface area (Å²) in [6.07, 6.45) is 0. The first-order valence-electron chi connectivity index (χ1n) is 9.31. The third kappa shape index (κ3) is 5.51. The third-order valence-electron chi connectivity index (χ3n) is 4.77. The Kier molecular flexibility index (Phi) is 6.82. The highest BCUT2D eigenvalue weighted by Gasteiger charge is 2.24. The van der Waals surface area contributed by atoms with Gasteiger partial charge in [-0.05, 0) is 19.4 Å². The summed E-state index contributed by atoms with van der Waals surface area (Å²) in [5, 5.41) is 6.13. The van der Waals surface area contributed by atoms with Gasteiger partial charge in [-0.3, -0.25) is 4.90 Å². The van der Waals surface area contributed by atoms with E-state index in [-0.39, 0.29) is 12.1 Å². The number of hydrogen-bond acceptors (Lipinski definition) is 5. The molecule has 1 aliphatic rings. The molecule has 0 bridgehead atoms. The van der Waals surface area contributed by atoms with Gasteiger partial charge in [0.25, 0.3) is 0 Å². The van der Waals surface area contributed by atoms with Gasteiger partial charge in [0, 0.05) is 32.1 Å². The number of rotatable bonds is 6. The molecule has 7 heteroatoms. The molecular weight excluding hydrogens is 360 g/mol. The van der Waals surface area contributed by atoms with Crippen LogP contribution < -0.4 is 5.32 Å². The predicted octanol–water partition coefficient (Wildman–Crippen LogP) is 2.97. The maximum absolute atomic E-state index is 12.6. The Morgan fingerprint density at radius 1 is 1.37 bits per heavy atom. The number of thiazole rings is 1. The van der Waals surface area contributed by atoms with Gasteiger partial charge in [-0.25, -0.2) is 9.78 Å². The van der Waals surface area contributed by atoms with Gasteiger partial charge in [-0.2, -0.15) is 0 Å². The Morgan fingerprint density at radius 3 is 2.81 bits per heavy atom. The molecule has 1 aliphatic heterocycles. The van der Waals surface area contributed by atoms with E-state index < -0.39 is 0 Å². The normalized spacial score (nSPS) is 16.1. The first kappa shape index (κ1) is 19.8. The molecule has 1 aromatic carbocycles. The van der Waals surface area contributed by atoms with Gasteiger partial charge in [-0.1, -0.05) is 29.8 Å². The molecule has 1 N–H and O–H groups in total. The van der Waals surface area contributed by atoms with Gasteiger partial charge in [0.05, 0.1) is 36.5 Å². The van der Waals surface area contributed by atoms with Gasteiger partial charge in [0.2, 0.25) is 0 Å². The van der Waals surface area contributed by atoms with Gasteiger partial charge in [0.15, 0.2) is 0 Å². The summed E-state index contributed by atoms with van der Waals surface area (Å²) in [6.45, 7) is 8.39. The van der Waals surface area contributed by atoms with Crippen LogP contribution in [0.25, 0.3) is 0 Å². The molecule has 6 nitrogen and oxygen atoms in total. The number of amides is 2. The fraction of sp³-hybridized carbons (Fsp3) is 0.500. The number of benzene rings is 1. The molecule has 2 heterocycles. The van der Waals surface area contributed by atoms with Crippen molar-refractivity contribution in [3.63, 3.8) is 0 Å². The van der Waals surface area contributed by atoms with Crippen LogP contribution >= 0.6 is 11.3 Å². The lowest BCUT2D eigenvalue weighted by molar-refractivity contribution is 0.0165. The van der Waals surface area contributed by atoms with E-state index in [0.29, 0.717) is 13.1 Å². The number of hydrogen-bond donors (Lipinski definition) is 1. The Morgan fingerprint density at radius 2 is 2.15 bits per heavy atom. The van der Waals surface area contributed by atoms with Crippen LogP contribution in [0.5, 0.6) is 0 Å². The van der Waals surface area contributed by atoms with Crippen LogP contribution in [-0.2, 0) is 11.3 Å². The number of ether oxygens (including phenoxy) is 1.